The number of nitrogens with one attached hydrogen (secondary N) is 1. The van der Waals surface area contributed by atoms with Crippen LogP contribution in [0.3, 0.4) is 0 Å². The van der Waals surface area contributed by atoms with Crippen molar-refractivity contribution in [3.63, 3.8) is 0 Å². The van der Waals surface area contributed by atoms with Crippen LogP contribution in [0.5, 0.6) is 11.5 Å². The summed E-state index contributed by atoms with van der Waals surface area (Å²) in [5.74, 6) is 1.36. The smallest absolute Gasteiger partial charge is 0.309 e. The average molecular weight is 281 g/mol. The van der Waals surface area contributed by atoms with Crippen molar-refractivity contribution in [3.8, 4) is 17.7 Å². The molecule has 0 amide bonds. The van der Waals surface area contributed by atoms with E-state index in [0.717, 1.165) is 11.3 Å². The van der Waals surface area contributed by atoms with E-state index in [1.807, 2.05) is 43.4 Å². The zero-order valence-corrected chi connectivity index (χ0v) is 11.8. The summed E-state index contributed by atoms with van der Waals surface area (Å²) < 4.78 is 10.7. The quantitative estimate of drug-likeness (QED) is 0.406. The van der Waals surface area contributed by atoms with Crippen LogP contribution < -0.4 is 14.8 Å². The molecule has 0 heterocycles. The summed E-state index contributed by atoms with van der Waals surface area (Å²) in [7, 11) is 1.61. The van der Waals surface area contributed by atoms with E-state index in [1.165, 1.54) is 0 Å². The Hall–Kier alpha value is -3.00. The molecule has 2 rings (SSSR count). The molecular weight excluding hydrogens is 266 g/mol. The van der Waals surface area contributed by atoms with E-state index in [0.29, 0.717) is 11.4 Å². The van der Waals surface area contributed by atoms with Crippen LogP contribution in [0.4, 0.5) is 5.69 Å². The van der Waals surface area contributed by atoms with Crippen molar-refractivity contribution in [2.45, 2.75) is 6.92 Å². The Kier molecular flexibility index (Phi) is 4.78. The van der Waals surface area contributed by atoms with Crippen molar-refractivity contribution in [2.24, 2.45) is 4.99 Å². The number of para-hydroxylation sites is 1. The maximum Gasteiger partial charge on any atom is 0.309 e. The topological polar surface area (TPSA) is 66.6 Å². The number of nitrogens with zero attached hydrogens (tertiary/aromatic N) is 2. The van der Waals surface area contributed by atoms with Crippen LogP contribution in [0, 0.1) is 18.4 Å². The second kappa shape index (κ2) is 6.96. The molecule has 0 spiro atoms. The summed E-state index contributed by atoms with van der Waals surface area (Å²) in [6.07, 6.45) is 1.82. The van der Waals surface area contributed by atoms with Crippen molar-refractivity contribution >= 4 is 11.7 Å². The number of aliphatic imine (C=N–C) groups is 1. The minimum atomic E-state index is 0.122. The van der Waals surface area contributed by atoms with Gasteiger partial charge in [0.1, 0.15) is 11.5 Å². The zero-order valence-electron chi connectivity index (χ0n) is 11.8. The minimum absolute atomic E-state index is 0.122. The van der Waals surface area contributed by atoms with Crippen molar-refractivity contribution in [2.75, 3.05) is 7.11 Å². The summed E-state index contributed by atoms with van der Waals surface area (Å²) in [5, 5.41) is 11.2. The van der Waals surface area contributed by atoms with E-state index < -0.39 is 0 Å². The van der Waals surface area contributed by atoms with Gasteiger partial charge < -0.3 is 9.47 Å². The molecule has 0 atom stereocenters. The van der Waals surface area contributed by atoms with E-state index in [9.17, 15) is 0 Å². The van der Waals surface area contributed by atoms with Crippen LogP contribution in [-0.4, -0.2) is 13.1 Å². The van der Waals surface area contributed by atoms with Gasteiger partial charge in [-0.2, -0.15) is 10.3 Å². The van der Waals surface area contributed by atoms with Gasteiger partial charge in [-0.25, -0.2) is 5.32 Å². The van der Waals surface area contributed by atoms with E-state index in [2.05, 4.69) is 10.3 Å². The van der Waals surface area contributed by atoms with Crippen LogP contribution >= 0.6 is 0 Å². The minimum Gasteiger partial charge on any atom is -0.497 e. The number of ether oxygens (including phenoxy) is 2. The van der Waals surface area contributed by atoms with Gasteiger partial charge in [0.15, 0.2) is 6.19 Å². The van der Waals surface area contributed by atoms with Gasteiger partial charge in [-0.15, -0.1) is 0 Å². The summed E-state index contributed by atoms with van der Waals surface area (Å²) in [6, 6.07) is 14.7. The summed E-state index contributed by atoms with van der Waals surface area (Å²) in [4.78, 5) is 4.32. The molecule has 2 aromatic carbocycles. The first-order chi connectivity index (χ1) is 10.2. The first kappa shape index (κ1) is 14.4. The lowest BCUT2D eigenvalue weighted by Gasteiger charge is -2.08. The highest BCUT2D eigenvalue weighted by molar-refractivity contribution is 5.81. The van der Waals surface area contributed by atoms with Gasteiger partial charge in [-0.05, 0) is 42.8 Å². The molecule has 1 N–H and O–H groups in total. The molecule has 0 saturated heterocycles. The second-order valence-corrected chi connectivity index (χ2v) is 4.22. The fourth-order valence-electron chi connectivity index (χ4n) is 1.71. The molecule has 0 unspecified atom stereocenters. The van der Waals surface area contributed by atoms with Gasteiger partial charge in [0.2, 0.25) is 0 Å². The average Bonchev–Trinajstić information content (AvgIpc) is 2.50. The number of amidine groups is 1. The maximum atomic E-state index is 8.80. The van der Waals surface area contributed by atoms with Crippen LogP contribution in [0.15, 0.2) is 53.5 Å². The molecule has 0 aliphatic carbocycles. The molecule has 0 aromatic heterocycles. The largest absolute Gasteiger partial charge is 0.497 e. The molecule has 0 bridgehead atoms. The predicted molar refractivity (Wildman–Crippen MR) is 80.6 cm³/mol. The zero-order chi connectivity index (χ0) is 15.1. The standard InChI is InChI=1S/C16H15N3O2/c1-12-10-14(20-2)8-9-15(12)19-16(18-11-17)21-13-6-4-3-5-7-13/h3-10H,1-2H3,(H,18,19). The van der Waals surface area contributed by atoms with Crippen LogP contribution in [0.25, 0.3) is 0 Å². The number of hydrogen-bond acceptors (Lipinski definition) is 4. The third-order valence-electron chi connectivity index (χ3n) is 2.75. The van der Waals surface area contributed by atoms with Crippen LogP contribution in [-0.2, 0) is 0 Å². The number of rotatable bonds is 3. The van der Waals surface area contributed by atoms with Gasteiger partial charge in [0, 0.05) is 0 Å². The highest BCUT2D eigenvalue weighted by atomic mass is 16.5. The fourth-order valence-corrected chi connectivity index (χ4v) is 1.71. The lowest BCUT2D eigenvalue weighted by atomic mass is 10.2. The Morgan fingerprint density at radius 2 is 1.90 bits per heavy atom. The first-order valence-electron chi connectivity index (χ1n) is 6.34. The van der Waals surface area contributed by atoms with Gasteiger partial charge in [-0.3, -0.25) is 0 Å². The molecule has 21 heavy (non-hydrogen) atoms. The Labute approximate surface area is 123 Å². The molecule has 0 aliphatic rings. The molecule has 5 nitrogen and oxygen atoms in total. The van der Waals surface area contributed by atoms with Crippen LogP contribution in [0.2, 0.25) is 0 Å². The molecule has 5 heteroatoms. The van der Waals surface area contributed by atoms with E-state index in [4.69, 9.17) is 14.7 Å². The van der Waals surface area contributed by atoms with Crippen molar-refractivity contribution in [1.82, 2.24) is 5.32 Å². The van der Waals surface area contributed by atoms with E-state index in [1.54, 1.807) is 25.3 Å². The van der Waals surface area contributed by atoms with Crippen molar-refractivity contribution < 1.29 is 9.47 Å². The lowest BCUT2D eigenvalue weighted by molar-refractivity contribution is 0.414. The van der Waals surface area contributed by atoms with Gasteiger partial charge in [0.05, 0.1) is 12.8 Å². The molecule has 0 radical (unpaired) electrons. The number of methoxy groups -OCH3 is 1. The predicted octanol–water partition coefficient (Wildman–Crippen LogP) is 3.14. The maximum absolute atomic E-state index is 8.80. The number of benzene rings is 2. The normalized spacial score (nSPS) is 10.6. The fraction of sp³-hybridized carbons (Fsp3) is 0.125. The molecule has 0 aliphatic heterocycles. The molecular formula is C16H15N3O2. The number of hydrogen-bond donors (Lipinski definition) is 1. The monoisotopic (exact) mass is 281 g/mol. The summed E-state index contributed by atoms with van der Waals surface area (Å²) in [6.45, 7) is 1.91. The summed E-state index contributed by atoms with van der Waals surface area (Å²) in [5.41, 5.74) is 1.62. The second-order valence-electron chi connectivity index (χ2n) is 4.22. The number of nitriles is 1. The highest BCUT2D eigenvalue weighted by Gasteiger charge is 2.05. The first-order valence-corrected chi connectivity index (χ1v) is 6.34. The van der Waals surface area contributed by atoms with E-state index >= 15 is 0 Å². The van der Waals surface area contributed by atoms with Gasteiger partial charge in [0.25, 0.3) is 0 Å². The SMILES string of the molecule is COc1ccc(N=C(NC#N)Oc2ccccc2)c(C)c1. The highest BCUT2D eigenvalue weighted by Crippen LogP contribution is 2.24. The summed E-state index contributed by atoms with van der Waals surface area (Å²) >= 11 is 0. The van der Waals surface area contributed by atoms with Crippen molar-refractivity contribution in [3.05, 3.63) is 54.1 Å². The third-order valence-corrected chi connectivity index (χ3v) is 2.75. The molecule has 106 valence electrons. The Balaban J connectivity index is 2.27. The van der Waals surface area contributed by atoms with Gasteiger partial charge in [-0.1, -0.05) is 18.2 Å². The van der Waals surface area contributed by atoms with Gasteiger partial charge >= 0.3 is 6.02 Å². The Morgan fingerprint density at radius 3 is 2.52 bits per heavy atom. The molecule has 2 aromatic rings. The van der Waals surface area contributed by atoms with E-state index in [-0.39, 0.29) is 6.02 Å². The molecule has 0 saturated carbocycles. The Morgan fingerprint density at radius 1 is 1.14 bits per heavy atom. The Bertz CT molecular complexity index is 676. The van der Waals surface area contributed by atoms with Crippen molar-refractivity contribution in [1.29, 1.82) is 5.26 Å². The lowest BCUT2D eigenvalue weighted by Crippen LogP contribution is -2.24. The number of aryl methyl sites for hydroxylation is 1. The third kappa shape index (κ3) is 3.98. The van der Waals surface area contributed by atoms with Crippen LogP contribution in [0.1, 0.15) is 5.56 Å². The molecule has 0 fully saturated rings.